The Morgan fingerprint density at radius 1 is 1.24 bits per heavy atom. The van der Waals surface area contributed by atoms with Crippen LogP contribution in [0.15, 0.2) is 46.2 Å². The summed E-state index contributed by atoms with van der Waals surface area (Å²) in [4.78, 5) is 13.4. The first-order valence-corrected chi connectivity index (χ1v) is 10.1. The van der Waals surface area contributed by atoms with Gasteiger partial charge in [0.1, 0.15) is 0 Å². The van der Waals surface area contributed by atoms with E-state index in [4.69, 9.17) is 0 Å². The molecule has 3 aromatic rings. The molecule has 0 spiro atoms. The average molecular weight is 353 g/mol. The fourth-order valence-corrected chi connectivity index (χ4v) is 4.25. The van der Waals surface area contributed by atoms with Crippen molar-refractivity contribution in [2.45, 2.75) is 37.6 Å². The van der Waals surface area contributed by atoms with Gasteiger partial charge in [-0.15, -0.1) is 11.8 Å². The molecule has 0 radical (unpaired) electrons. The molecular formula is C21H24N2OS. The van der Waals surface area contributed by atoms with E-state index < -0.39 is 0 Å². The summed E-state index contributed by atoms with van der Waals surface area (Å²) in [5.41, 5.74) is 4.52. The van der Waals surface area contributed by atoms with Crippen molar-refractivity contribution in [2.75, 3.05) is 6.26 Å². The highest BCUT2D eigenvalue weighted by atomic mass is 32.2. The van der Waals surface area contributed by atoms with Gasteiger partial charge in [0.2, 0.25) is 0 Å². The minimum absolute atomic E-state index is 0.0780. The maximum absolute atomic E-state index is 12.1. The second kappa shape index (κ2) is 6.41. The van der Waals surface area contributed by atoms with Crippen LogP contribution in [-0.4, -0.2) is 15.4 Å². The van der Waals surface area contributed by atoms with Crippen LogP contribution in [0, 0.1) is 12.8 Å². The molecule has 1 aliphatic rings. The molecule has 0 saturated heterocycles. The fraction of sp³-hybridized carbons (Fsp3) is 0.381. The molecule has 2 aromatic heterocycles. The first-order valence-electron chi connectivity index (χ1n) is 8.92. The monoisotopic (exact) mass is 352 g/mol. The third-order valence-corrected chi connectivity index (χ3v) is 6.04. The predicted octanol–water partition coefficient (Wildman–Crippen LogP) is 4.84. The van der Waals surface area contributed by atoms with Gasteiger partial charge in [-0.2, -0.15) is 0 Å². The molecule has 130 valence electrons. The van der Waals surface area contributed by atoms with Gasteiger partial charge >= 0.3 is 0 Å². The molecule has 1 aromatic carbocycles. The van der Waals surface area contributed by atoms with Gasteiger partial charge in [-0.3, -0.25) is 4.79 Å². The first-order chi connectivity index (χ1) is 12.1. The van der Waals surface area contributed by atoms with E-state index in [1.165, 1.54) is 40.8 Å². The Kier molecular flexibility index (Phi) is 4.24. The van der Waals surface area contributed by atoms with Gasteiger partial charge in [0, 0.05) is 46.7 Å². The standard InChI is InChI=1S/C21H24N2OS/c1-14-11-16(13-22(2)21(14)24)19-12-17-18(5-4-6-20(17)25-3)23(19)10-9-15-7-8-15/h4-6,11-13,15H,7-10H2,1-3H3. The van der Waals surface area contributed by atoms with Crippen molar-refractivity contribution >= 4 is 22.7 Å². The molecule has 0 unspecified atom stereocenters. The van der Waals surface area contributed by atoms with E-state index in [-0.39, 0.29) is 5.56 Å². The van der Waals surface area contributed by atoms with Gasteiger partial charge in [0.05, 0.1) is 5.69 Å². The van der Waals surface area contributed by atoms with Crippen LogP contribution in [0.1, 0.15) is 24.8 Å². The maximum Gasteiger partial charge on any atom is 0.253 e. The van der Waals surface area contributed by atoms with Crippen LogP contribution in [0.4, 0.5) is 0 Å². The third kappa shape index (κ3) is 3.04. The summed E-state index contributed by atoms with van der Waals surface area (Å²) in [5, 5.41) is 1.31. The van der Waals surface area contributed by atoms with Crippen LogP contribution in [-0.2, 0) is 13.6 Å². The Labute approximate surface area is 152 Å². The summed E-state index contributed by atoms with van der Waals surface area (Å²) in [5.74, 6) is 0.899. The number of aryl methyl sites for hydroxylation is 3. The summed E-state index contributed by atoms with van der Waals surface area (Å²) in [6.07, 6.45) is 8.10. The first kappa shape index (κ1) is 16.5. The zero-order valence-electron chi connectivity index (χ0n) is 15.1. The zero-order valence-corrected chi connectivity index (χ0v) is 15.9. The summed E-state index contributed by atoms with van der Waals surface area (Å²) in [6, 6.07) is 10.9. The topological polar surface area (TPSA) is 26.9 Å². The van der Waals surface area contributed by atoms with E-state index in [0.29, 0.717) is 0 Å². The van der Waals surface area contributed by atoms with Crippen molar-refractivity contribution in [1.82, 2.24) is 9.13 Å². The molecule has 2 heterocycles. The zero-order chi connectivity index (χ0) is 17.6. The van der Waals surface area contributed by atoms with Crippen molar-refractivity contribution < 1.29 is 0 Å². The molecule has 1 saturated carbocycles. The molecule has 0 bridgehead atoms. The number of aromatic nitrogens is 2. The summed E-state index contributed by atoms with van der Waals surface area (Å²) < 4.78 is 4.15. The minimum Gasteiger partial charge on any atom is -0.340 e. The second-order valence-electron chi connectivity index (χ2n) is 7.13. The van der Waals surface area contributed by atoms with Crippen molar-refractivity contribution in [3.8, 4) is 11.3 Å². The van der Waals surface area contributed by atoms with Crippen LogP contribution >= 0.6 is 11.8 Å². The van der Waals surface area contributed by atoms with Crippen LogP contribution in [0.5, 0.6) is 0 Å². The van der Waals surface area contributed by atoms with E-state index in [2.05, 4.69) is 35.1 Å². The highest BCUT2D eigenvalue weighted by molar-refractivity contribution is 7.98. The lowest BCUT2D eigenvalue weighted by Crippen LogP contribution is -2.18. The molecule has 0 atom stereocenters. The molecular weight excluding hydrogens is 328 g/mol. The molecule has 0 amide bonds. The van der Waals surface area contributed by atoms with Crippen molar-refractivity contribution in [1.29, 1.82) is 0 Å². The molecule has 0 N–H and O–H groups in total. The van der Waals surface area contributed by atoms with E-state index in [1.807, 2.05) is 26.2 Å². The number of rotatable bonds is 5. The van der Waals surface area contributed by atoms with E-state index >= 15 is 0 Å². The highest BCUT2D eigenvalue weighted by Gasteiger charge is 2.22. The lowest BCUT2D eigenvalue weighted by Gasteiger charge is -2.12. The van der Waals surface area contributed by atoms with Crippen molar-refractivity contribution in [3.05, 3.63) is 52.4 Å². The van der Waals surface area contributed by atoms with E-state index in [9.17, 15) is 4.79 Å². The number of thioether (sulfide) groups is 1. The molecule has 1 aliphatic carbocycles. The van der Waals surface area contributed by atoms with Gasteiger partial charge in [0.15, 0.2) is 0 Å². The normalized spacial score (nSPS) is 14.4. The van der Waals surface area contributed by atoms with Gasteiger partial charge in [-0.05, 0) is 49.8 Å². The van der Waals surface area contributed by atoms with E-state index in [1.54, 1.807) is 16.3 Å². The summed E-state index contributed by atoms with van der Waals surface area (Å²) in [6.45, 7) is 2.94. The van der Waals surface area contributed by atoms with Gasteiger partial charge in [-0.1, -0.05) is 18.9 Å². The molecule has 4 rings (SSSR count). The molecule has 4 heteroatoms. The van der Waals surface area contributed by atoms with Crippen LogP contribution in [0.2, 0.25) is 0 Å². The van der Waals surface area contributed by atoms with Crippen molar-refractivity contribution in [3.63, 3.8) is 0 Å². The Hall–Kier alpha value is -1.94. The third-order valence-electron chi connectivity index (χ3n) is 5.24. The van der Waals surface area contributed by atoms with Crippen LogP contribution < -0.4 is 5.56 Å². The van der Waals surface area contributed by atoms with Gasteiger partial charge < -0.3 is 9.13 Å². The molecule has 0 aliphatic heterocycles. The summed E-state index contributed by atoms with van der Waals surface area (Å²) in [7, 11) is 1.84. The van der Waals surface area contributed by atoms with Crippen molar-refractivity contribution in [2.24, 2.45) is 13.0 Å². The minimum atomic E-state index is 0.0780. The number of hydrogen-bond acceptors (Lipinski definition) is 2. The quantitative estimate of drug-likeness (QED) is 0.615. The lowest BCUT2D eigenvalue weighted by atomic mass is 10.1. The number of benzene rings is 1. The maximum atomic E-state index is 12.1. The molecule has 25 heavy (non-hydrogen) atoms. The lowest BCUT2D eigenvalue weighted by molar-refractivity contribution is 0.614. The predicted molar refractivity (Wildman–Crippen MR) is 106 cm³/mol. The smallest absolute Gasteiger partial charge is 0.253 e. The van der Waals surface area contributed by atoms with Gasteiger partial charge in [0.25, 0.3) is 5.56 Å². The molecule has 1 fully saturated rings. The van der Waals surface area contributed by atoms with Gasteiger partial charge in [-0.25, -0.2) is 0 Å². The molecule has 3 nitrogen and oxygen atoms in total. The fourth-order valence-electron chi connectivity index (χ4n) is 3.65. The summed E-state index contributed by atoms with van der Waals surface area (Å²) >= 11 is 1.79. The SMILES string of the molecule is CSc1cccc2c1cc(-c1cc(C)c(=O)n(C)c1)n2CCC1CC1. The Bertz CT molecular complexity index is 969. The largest absolute Gasteiger partial charge is 0.340 e. The number of fused-ring (bicyclic) bond motifs is 1. The number of pyridine rings is 1. The number of hydrogen-bond donors (Lipinski definition) is 0. The van der Waals surface area contributed by atoms with E-state index in [0.717, 1.165) is 23.6 Å². The Balaban J connectivity index is 1.91. The average Bonchev–Trinajstić information content (AvgIpc) is 3.36. The van der Waals surface area contributed by atoms with Crippen LogP contribution in [0.25, 0.3) is 22.2 Å². The number of nitrogens with zero attached hydrogens (tertiary/aromatic N) is 2. The van der Waals surface area contributed by atoms with Crippen LogP contribution in [0.3, 0.4) is 0 Å². The highest BCUT2D eigenvalue weighted by Crippen LogP contribution is 2.37. The Morgan fingerprint density at radius 2 is 2.04 bits per heavy atom. The Morgan fingerprint density at radius 3 is 2.72 bits per heavy atom. The second-order valence-corrected chi connectivity index (χ2v) is 7.98.